The molecule has 0 unspecified atom stereocenters. The van der Waals surface area contributed by atoms with Crippen LogP contribution in [0.2, 0.25) is 0 Å². The molecule has 0 aliphatic rings. The zero-order valence-electron chi connectivity index (χ0n) is 11.6. The Balaban J connectivity index is 2.15. The molecule has 0 spiro atoms. The van der Waals surface area contributed by atoms with E-state index < -0.39 is 0 Å². The molecule has 94 valence electrons. The zero-order valence-corrected chi connectivity index (χ0v) is 11.6. The van der Waals surface area contributed by atoms with Crippen molar-refractivity contribution in [1.29, 1.82) is 0 Å². The predicted molar refractivity (Wildman–Crippen MR) is 79.2 cm³/mol. The van der Waals surface area contributed by atoms with Crippen molar-refractivity contribution in [2.75, 3.05) is 0 Å². The highest BCUT2D eigenvalue weighted by Gasteiger charge is 2.01. The first-order chi connectivity index (χ1) is 8.69. The van der Waals surface area contributed by atoms with Gasteiger partial charge in [0.05, 0.1) is 0 Å². The fourth-order valence-corrected chi connectivity index (χ4v) is 2.19. The molecule has 2 rings (SSSR count). The molecule has 0 fully saturated rings. The van der Waals surface area contributed by atoms with Gasteiger partial charge in [-0.05, 0) is 41.0 Å². The first-order valence-electron chi connectivity index (χ1n) is 6.85. The Labute approximate surface area is 111 Å². The van der Waals surface area contributed by atoms with Crippen molar-refractivity contribution in [3.05, 3.63) is 70.8 Å². The largest absolute Gasteiger partial charge is 0.0617 e. The molecule has 0 heterocycles. The lowest BCUT2D eigenvalue weighted by atomic mass is 9.97. The summed E-state index contributed by atoms with van der Waals surface area (Å²) in [6.45, 7) is 6.69. The van der Waals surface area contributed by atoms with Crippen molar-refractivity contribution in [2.24, 2.45) is 0 Å². The lowest BCUT2D eigenvalue weighted by Gasteiger charge is -2.08. The van der Waals surface area contributed by atoms with Gasteiger partial charge in [-0.1, -0.05) is 69.3 Å². The molecule has 0 atom stereocenters. The minimum atomic E-state index is 0.604. The summed E-state index contributed by atoms with van der Waals surface area (Å²) in [5, 5.41) is 0. The molecule has 0 bridgehead atoms. The fourth-order valence-electron chi connectivity index (χ4n) is 2.19. The van der Waals surface area contributed by atoms with Crippen LogP contribution in [-0.4, -0.2) is 0 Å². The molecular formula is C18H22. The minimum Gasteiger partial charge on any atom is -0.0617 e. The van der Waals surface area contributed by atoms with E-state index in [1.165, 1.54) is 22.3 Å². The maximum absolute atomic E-state index is 2.33. The van der Waals surface area contributed by atoms with E-state index in [9.17, 15) is 0 Å². The lowest BCUT2D eigenvalue weighted by Crippen LogP contribution is -1.92. The summed E-state index contributed by atoms with van der Waals surface area (Å²) in [6, 6.07) is 17.9. The van der Waals surface area contributed by atoms with E-state index in [4.69, 9.17) is 0 Å². The van der Waals surface area contributed by atoms with Crippen molar-refractivity contribution in [3.63, 3.8) is 0 Å². The van der Waals surface area contributed by atoms with Gasteiger partial charge in [-0.2, -0.15) is 0 Å². The summed E-state index contributed by atoms with van der Waals surface area (Å²) in [4.78, 5) is 0. The van der Waals surface area contributed by atoms with E-state index >= 15 is 0 Å². The number of rotatable bonds is 4. The Hall–Kier alpha value is -1.56. The van der Waals surface area contributed by atoms with Crippen LogP contribution >= 0.6 is 0 Å². The third-order valence-electron chi connectivity index (χ3n) is 3.46. The molecule has 0 nitrogen and oxygen atoms in total. The van der Waals surface area contributed by atoms with Crippen LogP contribution in [0.15, 0.2) is 48.5 Å². The van der Waals surface area contributed by atoms with E-state index in [1.54, 1.807) is 0 Å². The van der Waals surface area contributed by atoms with Gasteiger partial charge in [-0.3, -0.25) is 0 Å². The number of hydrogen-bond donors (Lipinski definition) is 0. The molecule has 0 amide bonds. The Morgan fingerprint density at radius 3 is 2.11 bits per heavy atom. The third-order valence-corrected chi connectivity index (χ3v) is 3.46. The monoisotopic (exact) mass is 238 g/mol. The molecule has 0 aromatic heterocycles. The summed E-state index contributed by atoms with van der Waals surface area (Å²) >= 11 is 0. The molecular weight excluding hydrogens is 216 g/mol. The molecule has 0 aliphatic carbocycles. The molecule has 0 saturated heterocycles. The standard InChI is InChI=1S/C18H22/c1-4-15-8-10-16(11-9-15)12-17-6-5-7-18(13-17)14(2)3/h5-11,13-14H,4,12H2,1-3H3. The first-order valence-corrected chi connectivity index (χ1v) is 6.85. The number of hydrogen-bond acceptors (Lipinski definition) is 0. The Morgan fingerprint density at radius 1 is 0.833 bits per heavy atom. The first kappa shape index (κ1) is 12.9. The van der Waals surface area contributed by atoms with Gasteiger partial charge < -0.3 is 0 Å². The van der Waals surface area contributed by atoms with Crippen molar-refractivity contribution < 1.29 is 0 Å². The van der Waals surface area contributed by atoms with Gasteiger partial charge >= 0.3 is 0 Å². The normalized spacial score (nSPS) is 10.9. The SMILES string of the molecule is CCc1ccc(Cc2cccc(C(C)C)c2)cc1. The topological polar surface area (TPSA) is 0 Å². The van der Waals surface area contributed by atoms with Gasteiger partial charge in [0, 0.05) is 0 Å². The second-order valence-electron chi connectivity index (χ2n) is 5.25. The van der Waals surface area contributed by atoms with Crippen LogP contribution in [0.4, 0.5) is 0 Å². The summed E-state index contributed by atoms with van der Waals surface area (Å²) in [6.07, 6.45) is 2.15. The molecule has 0 radical (unpaired) electrons. The van der Waals surface area contributed by atoms with E-state index in [0.717, 1.165) is 12.8 Å². The maximum Gasteiger partial charge on any atom is -0.00257 e. The van der Waals surface area contributed by atoms with Gasteiger partial charge in [-0.15, -0.1) is 0 Å². The van der Waals surface area contributed by atoms with Crippen LogP contribution in [0.1, 0.15) is 48.9 Å². The van der Waals surface area contributed by atoms with Crippen LogP contribution < -0.4 is 0 Å². The molecule has 0 heteroatoms. The van der Waals surface area contributed by atoms with Crippen molar-refractivity contribution in [1.82, 2.24) is 0 Å². The van der Waals surface area contributed by atoms with Crippen LogP contribution in [0, 0.1) is 0 Å². The average molecular weight is 238 g/mol. The van der Waals surface area contributed by atoms with Crippen molar-refractivity contribution in [3.8, 4) is 0 Å². The lowest BCUT2D eigenvalue weighted by molar-refractivity contribution is 0.863. The van der Waals surface area contributed by atoms with Crippen molar-refractivity contribution in [2.45, 2.75) is 39.5 Å². The fraction of sp³-hybridized carbons (Fsp3) is 0.333. The third kappa shape index (κ3) is 3.22. The second kappa shape index (κ2) is 5.86. The van der Waals surface area contributed by atoms with Gasteiger partial charge in [0.15, 0.2) is 0 Å². The zero-order chi connectivity index (χ0) is 13.0. The van der Waals surface area contributed by atoms with Gasteiger partial charge in [0.2, 0.25) is 0 Å². The molecule has 2 aromatic rings. The highest BCUT2D eigenvalue weighted by Crippen LogP contribution is 2.18. The van der Waals surface area contributed by atoms with Crippen LogP contribution in [0.25, 0.3) is 0 Å². The Morgan fingerprint density at radius 2 is 1.50 bits per heavy atom. The Kier molecular flexibility index (Phi) is 4.19. The van der Waals surface area contributed by atoms with E-state index in [1.807, 2.05) is 0 Å². The molecule has 2 aromatic carbocycles. The van der Waals surface area contributed by atoms with Crippen LogP contribution in [0.5, 0.6) is 0 Å². The average Bonchev–Trinajstić information content (AvgIpc) is 2.40. The summed E-state index contributed by atoms with van der Waals surface area (Å²) in [7, 11) is 0. The Bertz CT molecular complexity index is 492. The van der Waals surface area contributed by atoms with Gasteiger partial charge in [0.1, 0.15) is 0 Å². The summed E-state index contributed by atoms with van der Waals surface area (Å²) in [5.41, 5.74) is 5.64. The highest BCUT2D eigenvalue weighted by atomic mass is 14.1. The maximum atomic E-state index is 2.33. The number of benzene rings is 2. The second-order valence-corrected chi connectivity index (χ2v) is 5.25. The van der Waals surface area contributed by atoms with Gasteiger partial charge in [0.25, 0.3) is 0 Å². The summed E-state index contributed by atoms with van der Waals surface area (Å²) in [5.74, 6) is 0.604. The molecule has 0 aliphatic heterocycles. The van der Waals surface area contributed by atoms with E-state index in [-0.39, 0.29) is 0 Å². The predicted octanol–water partition coefficient (Wildman–Crippen LogP) is 4.96. The molecule has 0 saturated carbocycles. The van der Waals surface area contributed by atoms with Crippen LogP contribution in [0.3, 0.4) is 0 Å². The quantitative estimate of drug-likeness (QED) is 0.706. The molecule has 18 heavy (non-hydrogen) atoms. The minimum absolute atomic E-state index is 0.604. The van der Waals surface area contributed by atoms with E-state index in [2.05, 4.69) is 69.3 Å². The van der Waals surface area contributed by atoms with Crippen LogP contribution in [-0.2, 0) is 12.8 Å². The highest BCUT2D eigenvalue weighted by molar-refractivity contribution is 5.32. The smallest absolute Gasteiger partial charge is 0.00257 e. The van der Waals surface area contributed by atoms with Crippen molar-refractivity contribution >= 4 is 0 Å². The molecule has 0 N–H and O–H groups in total. The van der Waals surface area contributed by atoms with E-state index in [0.29, 0.717) is 5.92 Å². The summed E-state index contributed by atoms with van der Waals surface area (Å²) < 4.78 is 0. The number of aryl methyl sites for hydroxylation is 1. The van der Waals surface area contributed by atoms with Gasteiger partial charge in [-0.25, -0.2) is 0 Å².